The van der Waals surface area contributed by atoms with Gasteiger partial charge in [-0.1, -0.05) is 12.1 Å². The Kier molecular flexibility index (Phi) is 5.18. The van der Waals surface area contributed by atoms with Crippen LogP contribution in [0.1, 0.15) is 12.7 Å². The van der Waals surface area contributed by atoms with Crippen molar-refractivity contribution in [1.82, 2.24) is 4.90 Å². The molecule has 0 spiro atoms. The van der Waals surface area contributed by atoms with Crippen LogP contribution in [0.3, 0.4) is 0 Å². The minimum atomic E-state index is -0.216. The topological polar surface area (TPSA) is 65.8 Å². The Morgan fingerprint density at radius 1 is 1.08 bits per heavy atom. The third-order valence-electron chi connectivity index (χ3n) is 4.17. The maximum absolute atomic E-state index is 12.2. The summed E-state index contributed by atoms with van der Waals surface area (Å²) in [5.41, 5.74) is 1.72. The van der Waals surface area contributed by atoms with E-state index in [1.807, 2.05) is 29.2 Å². The first kappa shape index (κ1) is 16.8. The number of nitrogens with one attached hydrogen (secondary N) is 1. The van der Waals surface area contributed by atoms with Gasteiger partial charge in [0.2, 0.25) is 11.8 Å². The summed E-state index contributed by atoms with van der Waals surface area (Å²) in [6.45, 7) is 4.46. The van der Waals surface area contributed by atoms with Crippen LogP contribution in [0, 0.1) is 0 Å². The Bertz CT molecular complexity index is 760. The van der Waals surface area contributed by atoms with Gasteiger partial charge < -0.3 is 19.5 Å². The predicted molar refractivity (Wildman–Crippen MR) is 97.3 cm³/mol. The van der Waals surface area contributed by atoms with Crippen LogP contribution in [-0.2, 0) is 9.59 Å². The van der Waals surface area contributed by atoms with E-state index in [1.54, 1.807) is 31.4 Å². The molecule has 6 nitrogen and oxygen atoms in total. The second kappa shape index (κ2) is 7.70. The number of amides is 2. The van der Waals surface area contributed by atoms with E-state index in [-0.39, 0.29) is 11.8 Å². The van der Waals surface area contributed by atoms with E-state index in [9.17, 15) is 9.59 Å². The largest absolute Gasteiger partial charge is 0.465 e. The molecule has 1 fully saturated rings. The molecule has 2 aromatic rings. The lowest BCUT2D eigenvalue weighted by Gasteiger charge is -2.36. The normalized spacial score (nSPS) is 14.8. The quantitative estimate of drug-likeness (QED) is 0.870. The molecule has 25 heavy (non-hydrogen) atoms. The maximum Gasteiger partial charge on any atom is 0.248 e. The molecular weight excluding hydrogens is 318 g/mol. The van der Waals surface area contributed by atoms with Gasteiger partial charge in [0.25, 0.3) is 0 Å². The fraction of sp³-hybridized carbons (Fsp3) is 0.263. The van der Waals surface area contributed by atoms with Crippen LogP contribution in [-0.4, -0.2) is 42.9 Å². The fourth-order valence-corrected chi connectivity index (χ4v) is 2.84. The number of carbonyl (C=O) groups excluding carboxylic acids is 2. The van der Waals surface area contributed by atoms with E-state index in [1.165, 1.54) is 6.08 Å². The van der Waals surface area contributed by atoms with E-state index in [0.717, 1.165) is 24.5 Å². The van der Waals surface area contributed by atoms with Crippen molar-refractivity contribution in [1.29, 1.82) is 0 Å². The van der Waals surface area contributed by atoms with Gasteiger partial charge in [-0.05, 0) is 30.3 Å². The van der Waals surface area contributed by atoms with E-state index in [4.69, 9.17) is 4.42 Å². The molecule has 2 heterocycles. The lowest BCUT2D eigenvalue weighted by atomic mass is 10.2. The van der Waals surface area contributed by atoms with Crippen molar-refractivity contribution >= 4 is 29.3 Å². The molecule has 1 N–H and O–H groups in total. The first-order valence-corrected chi connectivity index (χ1v) is 8.25. The highest BCUT2D eigenvalue weighted by atomic mass is 16.3. The van der Waals surface area contributed by atoms with Gasteiger partial charge in [-0.2, -0.15) is 0 Å². The molecule has 0 atom stereocenters. The molecule has 6 heteroatoms. The number of rotatable bonds is 4. The molecule has 0 radical (unpaired) electrons. The average molecular weight is 339 g/mol. The third kappa shape index (κ3) is 4.29. The first-order valence-electron chi connectivity index (χ1n) is 8.25. The second-order valence-corrected chi connectivity index (χ2v) is 5.85. The number of piperazine rings is 1. The van der Waals surface area contributed by atoms with Gasteiger partial charge in [-0.15, -0.1) is 0 Å². The summed E-state index contributed by atoms with van der Waals surface area (Å²) in [6.07, 6.45) is 4.64. The van der Waals surface area contributed by atoms with Crippen LogP contribution in [0.25, 0.3) is 6.08 Å². The molecule has 1 aliphatic heterocycles. The number of benzene rings is 1. The number of hydrogen-bond donors (Lipinski definition) is 1. The fourth-order valence-electron chi connectivity index (χ4n) is 2.84. The predicted octanol–water partition coefficient (Wildman–Crippen LogP) is 2.60. The van der Waals surface area contributed by atoms with E-state index < -0.39 is 0 Å². The highest BCUT2D eigenvalue weighted by Crippen LogP contribution is 2.26. The highest BCUT2D eigenvalue weighted by Gasteiger charge is 2.20. The number of carbonyl (C=O) groups is 2. The molecule has 1 aromatic heterocycles. The van der Waals surface area contributed by atoms with Crippen LogP contribution in [0.4, 0.5) is 11.4 Å². The van der Waals surface area contributed by atoms with Crippen LogP contribution in [0.15, 0.2) is 53.2 Å². The number of anilines is 2. The molecule has 1 aromatic carbocycles. The van der Waals surface area contributed by atoms with Crippen LogP contribution < -0.4 is 10.2 Å². The van der Waals surface area contributed by atoms with Crippen molar-refractivity contribution in [3.05, 3.63) is 54.5 Å². The maximum atomic E-state index is 12.2. The summed E-state index contributed by atoms with van der Waals surface area (Å²) >= 11 is 0. The van der Waals surface area contributed by atoms with Crippen molar-refractivity contribution in [3.63, 3.8) is 0 Å². The molecular formula is C19H21N3O3. The average Bonchev–Trinajstić information content (AvgIpc) is 3.14. The van der Waals surface area contributed by atoms with E-state index in [2.05, 4.69) is 10.2 Å². The van der Waals surface area contributed by atoms with Crippen molar-refractivity contribution in [2.45, 2.75) is 6.92 Å². The highest BCUT2D eigenvalue weighted by molar-refractivity contribution is 6.03. The van der Waals surface area contributed by atoms with Crippen molar-refractivity contribution < 1.29 is 14.0 Å². The zero-order chi connectivity index (χ0) is 17.6. The summed E-state index contributed by atoms with van der Waals surface area (Å²) in [4.78, 5) is 27.7. The van der Waals surface area contributed by atoms with E-state index in [0.29, 0.717) is 18.8 Å². The Balaban J connectivity index is 1.67. The second-order valence-electron chi connectivity index (χ2n) is 5.85. The number of nitrogens with zero attached hydrogens (tertiary/aromatic N) is 2. The molecule has 0 saturated carbocycles. The Morgan fingerprint density at radius 2 is 1.84 bits per heavy atom. The van der Waals surface area contributed by atoms with Crippen molar-refractivity contribution in [2.24, 2.45) is 0 Å². The molecule has 1 saturated heterocycles. The molecule has 3 rings (SSSR count). The Morgan fingerprint density at radius 3 is 2.52 bits per heavy atom. The van der Waals surface area contributed by atoms with E-state index >= 15 is 0 Å². The molecule has 1 aliphatic rings. The van der Waals surface area contributed by atoms with Crippen molar-refractivity contribution in [2.75, 3.05) is 36.4 Å². The molecule has 2 amide bonds. The summed E-state index contributed by atoms with van der Waals surface area (Å²) in [6, 6.07) is 11.3. The van der Waals surface area contributed by atoms with Crippen LogP contribution in [0.2, 0.25) is 0 Å². The lowest BCUT2D eigenvalue weighted by Crippen LogP contribution is -2.48. The zero-order valence-corrected chi connectivity index (χ0v) is 14.1. The summed E-state index contributed by atoms with van der Waals surface area (Å²) in [7, 11) is 0. The number of furan rings is 1. The summed E-state index contributed by atoms with van der Waals surface area (Å²) in [5.74, 6) is 0.513. The first-order chi connectivity index (χ1) is 12.1. The van der Waals surface area contributed by atoms with Gasteiger partial charge in [0.1, 0.15) is 5.76 Å². The van der Waals surface area contributed by atoms with Gasteiger partial charge in [0.15, 0.2) is 0 Å². The standard InChI is InChI=1S/C19H21N3O3/c1-15(23)21-10-12-22(13-11-21)18-7-3-2-6-17(18)20-19(24)9-8-16-5-4-14-25-16/h2-9,14H,10-13H2,1H3,(H,20,24)/b9-8+. The summed E-state index contributed by atoms with van der Waals surface area (Å²) < 4.78 is 5.18. The van der Waals surface area contributed by atoms with Gasteiger partial charge in [-0.3, -0.25) is 9.59 Å². The Labute approximate surface area is 146 Å². The molecule has 130 valence electrons. The lowest BCUT2D eigenvalue weighted by molar-refractivity contribution is -0.129. The van der Waals surface area contributed by atoms with Crippen LogP contribution >= 0.6 is 0 Å². The Hall–Kier alpha value is -3.02. The minimum Gasteiger partial charge on any atom is -0.465 e. The SMILES string of the molecule is CC(=O)N1CCN(c2ccccc2NC(=O)/C=C/c2ccco2)CC1. The smallest absolute Gasteiger partial charge is 0.248 e. The van der Waals surface area contributed by atoms with Crippen molar-refractivity contribution in [3.8, 4) is 0 Å². The van der Waals surface area contributed by atoms with Gasteiger partial charge >= 0.3 is 0 Å². The monoisotopic (exact) mass is 339 g/mol. The summed E-state index contributed by atoms with van der Waals surface area (Å²) in [5, 5.41) is 2.91. The number of para-hydroxylation sites is 2. The minimum absolute atomic E-state index is 0.101. The molecule has 0 bridgehead atoms. The van der Waals surface area contributed by atoms with Gasteiger partial charge in [0.05, 0.1) is 17.6 Å². The van der Waals surface area contributed by atoms with Gasteiger partial charge in [-0.25, -0.2) is 0 Å². The van der Waals surface area contributed by atoms with Crippen LogP contribution in [0.5, 0.6) is 0 Å². The third-order valence-corrected chi connectivity index (χ3v) is 4.17. The number of hydrogen-bond acceptors (Lipinski definition) is 4. The van der Waals surface area contributed by atoms with Gasteiger partial charge in [0, 0.05) is 39.2 Å². The molecule has 0 unspecified atom stereocenters. The molecule has 0 aliphatic carbocycles. The zero-order valence-electron chi connectivity index (χ0n) is 14.1.